The van der Waals surface area contributed by atoms with E-state index in [0.29, 0.717) is 6.54 Å². The summed E-state index contributed by atoms with van der Waals surface area (Å²) in [6, 6.07) is -0.344. The Morgan fingerprint density at radius 3 is 3.12 bits per heavy atom. The molecule has 92 valence electrons. The van der Waals surface area contributed by atoms with E-state index in [0.717, 1.165) is 40.7 Å². The number of aliphatic carboxylic acids is 1. The minimum Gasteiger partial charge on any atom is -0.480 e. The maximum atomic E-state index is 11.1. The van der Waals surface area contributed by atoms with Crippen molar-refractivity contribution >= 4 is 39.0 Å². The van der Waals surface area contributed by atoms with Crippen LogP contribution in [-0.2, 0) is 4.79 Å². The largest absolute Gasteiger partial charge is 0.480 e. The average molecular weight is 316 g/mol. The summed E-state index contributed by atoms with van der Waals surface area (Å²) in [5, 5.41) is 9.12. The van der Waals surface area contributed by atoms with Crippen LogP contribution in [0.1, 0.15) is 19.3 Å². The highest BCUT2D eigenvalue weighted by molar-refractivity contribution is 9.11. The van der Waals surface area contributed by atoms with Gasteiger partial charge < -0.3 is 5.11 Å². The monoisotopic (exact) mass is 315 g/mol. The molecule has 0 aromatic heterocycles. The van der Waals surface area contributed by atoms with Gasteiger partial charge in [0.05, 0.1) is 0 Å². The van der Waals surface area contributed by atoms with Gasteiger partial charge in [0.25, 0.3) is 0 Å². The van der Waals surface area contributed by atoms with Crippen molar-refractivity contribution in [3.63, 3.8) is 0 Å². The number of hydrogen-bond donors (Lipinski definition) is 1. The maximum absolute atomic E-state index is 11.1. The molecule has 1 fully saturated rings. The lowest BCUT2D eigenvalue weighted by molar-refractivity contribution is -0.141. The van der Waals surface area contributed by atoms with Crippen molar-refractivity contribution < 1.29 is 9.90 Å². The fourth-order valence-corrected chi connectivity index (χ4v) is 2.92. The Morgan fingerprint density at radius 1 is 1.65 bits per heavy atom. The van der Waals surface area contributed by atoms with E-state index >= 15 is 0 Å². The number of carboxylic acid groups (broad SMARTS) is 1. The van der Waals surface area contributed by atoms with Crippen LogP contribution in [0, 0.1) is 0 Å². The molecule has 0 amide bonds. The van der Waals surface area contributed by atoms with Crippen molar-refractivity contribution in [2.24, 2.45) is 0 Å². The molecule has 5 heteroatoms. The summed E-state index contributed by atoms with van der Waals surface area (Å²) in [5.41, 5.74) is 1.07. The van der Waals surface area contributed by atoms with E-state index in [1.165, 1.54) is 0 Å². The van der Waals surface area contributed by atoms with Gasteiger partial charge in [0.2, 0.25) is 0 Å². The fourth-order valence-electron chi connectivity index (χ4n) is 2.27. The summed E-state index contributed by atoms with van der Waals surface area (Å²) >= 11 is 8.75. The third-order valence-electron chi connectivity index (χ3n) is 3.17. The van der Waals surface area contributed by atoms with Gasteiger partial charge in [0, 0.05) is 22.3 Å². The summed E-state index contributed by atoms with van der Waals surface area (Å²) in [5.74, 6) is -0.723. The van der Waals surface area contributed by atoms with Gasteiger partial charge in [-0.25, -0.2) is 0 Å². The van der Waals surface area contributed by atoms with E-state index in [9.17, 15) is 4.79 Å². The second kappa shape index (κ2) is 5.42. The molecule has 1 saturated heterocycles. The third-order valence-corrected chi connectivity index (χ3v) is 4.16. The molecule has 0 aromatic carbocycles. The number of rotatable bonds is 3. The molecule has 0 spiro atoms. The van der Waals surface area contributed by atoms with E-state index in [-0.39, 0.29) is 6.04 Å². The van der Waals surface area contributed by atoms with Crippen LogP contribution in [0.3, 0.4) is 0 Å². The van der Waals surface area contributed by atoms with Crippen LogP contribution in [0.15, 0.2) is 22.2 Å². The molecule has 3 nitrogen and oxygen atoms in total. The van der Waals surface area contributed by atoms with Crippen molar-refractivity contribution in [3.05, 3.63) is 22.2 Å². The zero-order valence-corrected chi connectivity index (χ0v) is 11.8. The minimum absolute atomic E-state index is 0.344. The van der Waals surface area contributed by atoms with Crippen molar-refractivity contribution in [1.29, 1.82) is 0 Å². The molecule has 1 N–H and O–H groups in total. The van der Waals surface area contributed by atoms with E-state index in [4.69, 9.17) is 17.3 Å². The van der Waals surface area contributed by atoms with Crippen LogP contribution in [-0.4, -0.2) is 40.0 Å². The summed E-state index contributed by atoms with van der Waals surface area (Å²) in [6.45, 7) is 1.50. The number of thiocarbonyl (C=S) groups is 1. The highest BCUT2D eigenvalue weighted by atomic mass is 79.9. The van der Waals surface area contributed by atoms with Gasteiger partial charge >= 0.3 is 5.97 Å². The van der Waals surface area contributed by atoms with Gasteiger partial charge in [0.1, 0.15) is 6.04 Å². The van der Waals surface area contributed by atoms with Crippen LogP contribution in [0.4, 0.5) is 0 Å². The van der Waals surface area contributed by atoms with Gasteiger partial charge in [-0.05, 0) is 31.0 Å². The van der Waals surface area contributed by atoms with Crippen LogP contribution >= 0.6 is 28.1 Å². The fraction of sp³-hybridized carbons (Fsp3) is 0.500. The Bertz CT molecular complexity index is 417. The standard InChI is InChI=1S/C12H14BrNO2S/c13-9-3-4-11(17)8(6-9)7-14-5-1-2-10(14)12(15)16/h3,6,10H,1-2,4-5,7H2,(H,15,16)/t10-/m0/s1. The third kappa shape index (κ3) is 3.03. The Labute approximate surface area is 114 Å². The number of carboxylic acids is 1. The number of allylic oxidation sites excluding steroid dienone is 3. The van der Waals surface area contributed by atoms with Crippen LogP contribution in [0.2, 0.25) is 0 Å². The summed E-state index contributed by atoms with van der Waals surface area (Å²) in [7, 11) is 0. The molecular formula is C12H14BrNO2S. The lowest BCUT2D eigenvalue weighted by Gasteiger charge is -2.24. The predicted octanol–water partition coefficient (Wildman–Crippen LogP) is 2.51. The van der Waals surface area contributed by atoms with Gasteiger partial charge in [-0.2, -0.15) is 0 Å². The molecule has 2 rings (SSSR count). The number of nitrogens with zero attached hydrogens (tertiary/aromatic N) is 1. The smallest absolute Gasteiger partial charge is 0.320 e. The van der Waals surface area contributed by atoms with Gasteiger partial charge in [-0.15, -0.1) is 0 Å². The average Bonchev–Trinajstić information content (AvgIpc) is 2.71. The molecule has 1 aliphatic carbocycles. The summed E-state index contributed by atoms with van der Waals surface area (Å²) in [6.07, 6.45) is 6.50. The lowest BCUT2D eigenvalue weighted by Crippen LogP contribution is -2.38. The highest BCUT2D eigenvalue weighted by Crippen LogP contribution is 2.24. The first kappa shape index (κ1) is 12.9. The molecule has 1 heterocycles. The quantitative estimate of drug-likeness (QED) is 0.812. The molecule has 0 saturated carbocycles. The molecule has 0 bridgehead atoms. The highest BCUT2D eigenvalue weighted by Gasteiger charge is 2.31. The van der Waals surface area contributed by atoms with E-state index in [1.807, 2.05) is 17.1 Å². The summed E-state index contributed by atoms with van der Waals surface area (Å²) in [4.78, 5) is 14.0. The number of likely N-dealkylation sites (tertiary alicyclic amines) is 1. The van der Waals surface area contributed by atoms with Crippen molar-refractivity contribution in [1.82, 2.24) is 4.90 Å². The second-order valence-electron chi connectivity index (χ2n) is 4.35. The van der Waals surface area contributed by atoms with Crippen LogP contribution in [0.25, 0.3) is 0 Å². The first-order chi connectivity index (χ1) is 8.08. The van der Waals surface area contributed by atoms with Crippen molar-refractivity contribution in [2.75, 3.05) is 13.1 Å². The topological polar surface area (TPSA) is 40.5 Å². The van der Waals surface area contributed by atoms with Gasteiger partial charge in [0.15, 0.2) is 0 Å². The lowest BCUT2D eigenvalue weighted by atomic mass is 10.0. The zero-order chi connectivity index (χ0) is 12.4. The summed E-state index contributed by atoms with van der Waals surface area (Å²) < 4.78 is 1.03. The van der Waals surface area contributed by atoms with Crippen LogP contribution in [0.5, 0.6) is 0 Å². The van der Waals surface area contributed by atoms with Crippen molar-refractivity contribution in [2.45, 2.75) is 25.3 Å². The molecule has 0 radical (unpaired) electrons. The normalized spacial score (nSPS) is 25.7. The molecule has 1 atom stereocenters. The number of carbonyl (C=O) groups is 1. The number of hydrogen-bond acceptors (Lipinski definition) is 3. The minimum atomic E-state index is -0.723. The molecule has 0 unspecified atom stereocenters. The maximum Gasteiger partial charge on any atom is 0.320 e. The van der Waals surface area contributed by atoms with E-state index in [1.54, 1.807) is 0 Å². The van der Waals surface area contributed by atoms with Gasteiger partial charge in [-0.1, -0.05) is 34.2 Å². The molecule has 2 aliphatic rings. The second-order valence-corrected chi connectivity index (χ2v) is 5.76. The Hall–Kier alpha value is -0.520. The Balaban J connectivity index is 2.08. The zero-order valence-electron chi connectivity index (χ0n) is 9.36. The van der Waals surface area contributed by atoms with Gasteiger partial charge in [-0.3, -0.25) is 9.69 Å². The number of halogens is 1. The van der Waals surface area contributed by atoms with E-state index in [2.05, 4.69) is 15.9 Å². The first-order valence-corrected chi connectivity index (χ1v) is 6.84. The Kier molecular flexibility index (Phi) is 4.12. The SMILES string of the molecule is O=C(O)[C@@H]1CCCN1CC1=CC(Br)=CCC1=S. The van der Waals surface area contributed by atoms with Crippen molar-refractivity contribution in [3.8, 4) is 0 Å². The molecule has 17 heavy (non-hydrogen) atoms. The molecule has 1 aliphatic heterocycles. The first-order valence-electron chi connectivity index (χ1n) is 5.64. The molecular weight excluding hydrogens is 302 g/mol. The molecule has 0 aromatic rings. The Morgan fingerprint density at radius 2 is 2.41 bits per heavy atom. The van der Waals surface area contributed by atoms with E-state index < -0.39 is 5.97 Å². The predicted molar refractivity (Wildman–Crippen MR) is 74.5 cm³/mol. The van der Waals surface area contributed by atoms with Crippen LogP contribution < -0.4 is 0 Å².